The molecular formula is C19H18ClFN2O6S. The van der Waals surface area contributed by atoms with Gasteiger partial charge in [0.15, 0.2) is 9.84 Å². The number of ether oxygens (including phenoxy) is 1. The van der Waals surface area contributed by atoms with E-state index in [9.17, 15) is 27.5 Å². The normalized spacial score (nSPS) is 19.1. The van der Waals surface area contributed by atoms with Crippen molar-refractivity contribution in [3.05, 3.63) is 58.9 Å². The van der Waals surface area contributed by atoms with Crippen molar-refractivity contribution in [3.8, 4) is 0 Å². The van der Waals surface area contributed by atoms with E-state index in [1.165, 1.54) is 30.3 Å². The number of anilines is 1. The van der Waals surface area contributed by atoms with E-state index >= 15 is 0 Å². The quantitative estimate of drug-likeness (QED) is 0.667. The highest BCUT2D eigenvalue weighted by Crippen LogP contribution is 2.30. The van der Waals surface area contributed by atoms with Crippen LogP contribution in [-0.2, 0) is 25.9 Å². The molecule has 0 bridgehead atoms. The number of benzene rings is 2. The largest absolute Gasteiger partial charge is 0.410 e. The highest BCUT2D eigenvalue weighted by Gasteiger charge is 2.49. The van der Waals surface area contributed by atoms with E-state index in [1.54, 1.807) is 0 Å². The maximum atomic E-state index is 13.3. The summed E-state index contributed by atoms with van der Waals surface area (Å²) in [7, 11) is -3.49. The Hall–Kier alpha value is -2.69. The molecule has 1 aliphatic rings. The lowest BCUT2D eigenvalue weighted by atomic mass is 10.2. The lowest BCUT2D eigenvalue weighted by Gasteiger charge is -2.22. The Morgan fingerprint density at radius 2 is 2.07 bits per heavy atom. The number of nitrogens with one attached hydrogen (secondary N) is 1. The molecule has 160 valence electrons. The lowest BCUT2D eigenvalue weighted by molar-refractivity contribution is -0.175. The van der Waals surface area contributed by atoms with Crippen LogP contribution >= 0.6 is 11.6 Å². The van der Waals surface area contributed by atoms with Crippen molar-refractivity contribution in [2.75, 3.05) is 17.7 Å². The van der Waals surface area contributed by atoms with Crippen molar-refractivity contribution >= 4 is 39.1 Å². The number of halogens is 2. The molecule has 1 aliphatic heterocycles. The summed E-state index contributed by atoms with van der Waals surface area (Å²) >= 11 is 5.75. The number of hydrogen-bond donors (Lipinski definition) is 2. The van der Waals surface area contributed by atoms with Crippen LogP contribution in [0.2, 0.25) is 5.02 Å². The van der Waals surface area contributed by atoms with E-state index in [1.807, 2.05) is 0 Å². The minimum atomic E-state index is -3.49. The first-order chi connectivity index (χ1) is 14.0. The van der Waals surface area contributed by atoms with Gasteiger partial charge in [-0.25, -0.2) is 17.6 Å². The molecule has 0 unspecified atom stereocenters. The second-order valence-electron chi connectivity index (χ2n) is 6.78. The van der Waals surface area contributed by atoms with Crippen molar-refractivity contribution in [1.82, 2.24) is 5.32 Å². The third-order valence-corrected chi connectivity index (χ3v) is 5.76. The molecule has 3 rings (SSSR count). The molecule has 2 aromatic rings. The van der Waals surface area contributed by atoms with Crippen molar-refractivity contribution < 1.29 is 32.2 Å². The summed E-state index contributed by atoms with van der Waals surface area (Å²) in [4.78, 5) is 25.8. The smallest absolute Gasteiger partial charge is 0.407 e. The monoisotopic (exact) mass is 456 g/mol. The van der Waals surface area contributed by atoms with Gasteiger partial charge in [-0.3, -0.25) is 4.79 Å². The molecule has 0 aromatic heterocycles. The SMILES string of the molecule is CS(=O)(=O)c1cccc(N2CC[C@](O)(OC(=O)NCc3cc(F)cc(Cl)c3)C2=O)c1. The van der Waals surface area contributed by atoms with Gasteiger partial charge in [0.05, 0.1) is 4.90 Å². The molecule has 2 amide bonds. The van der Waals surface area contributed by atoms with Crippen LogP contribution < -0.4 is 10.2 Å². The minimum Gasteiger partial charge on any atom is -0.407 e. The highest BCUT2D eigenvalue weighted by atomic mass is 35.5. The van der Waals surface area contributed by atoms with Crippen molar-refractivity contribution in [3.63, 3.8) is 0 Å². The molecule has 0 spiro atoms. The summed E-state index contributed by atoms with van der Waals surface area (Å²) in [5.41, 5.74) is 0.609. The first kappa shape index (κ1) is 22.0. The Morgan fingerprint density at radius 1 is 1.33 bits per heavy atom. The summed E-state index contributed by atoms with van der Waals surface area (Å²) in [6.07, 6.45) is -0.264. The van der Waals surface area contributed by atoms with Crippen molar-refractivity contribution in [2.24, 2.45) is 0 Å². The maximum Gasteiger partial charge on any atom is 0.410 e. The zero-order valence-electron chi connectivity index (χ0n) is 15.8. The molecule has 1 saturated heterocycles. The van der Waals surface area contributed by atoms with Crippen LogP contribution in [0.15, 0.2) is 47.4 Å². The molecule has 0 radical (unpaired) electrons. The van der Waals surface area contributed by atoms with Crippen LogP contribution in [-0.4, -0.2) is 44.1 Å². The van der Waals surface area contributed by atoms with Crippen LogP contribution in [0.5, 0.6) is 0 Å². The fraction of sp³-hybridized carbons (Fsp3) is 0.263. The molecule has 30 heavy (non-hydrogen) atoms. The number of carbonyl (C=O) groups is 2. The third kappa shape index (κ3) is 4.89. The molecule has 1 fully saturated rings. The standard InChI is InChI=1S/C19H18ClFN2O6S/c1-30(27,28)16-4-2-3-15(10-16)23-6-5-19(26,17(23)24)29-18(25)22-11-12-7-13(20)9-14(21)8-12/h2-4,7-10,26H,5-6,11H2,1H3,(H,22,25)/t19-/m0/s1. The molecular weight excluding hydrogens is 439 g/mol. The van der Waals surface area contributed by atoms with E-state index in [2.05, 4.69) is 5.32 Å². The Balaban J connectivity index is 1.67. The van der Waals surface area contributed by atoms with Gasteiger partial charge < -0.3 is 20.1 Å². The van der Waals surface area contributed by atoms with Gasteiger partial charge in [-0.2, -0.15) is 0 Å². The van der Waals surface area contributed by atoms with Gasteiger partial charge in [0.1, 0.15) is 5.82 Å². The third-order valence-electron chi connectivity index (χ3n) is 4.43. The van der Waals surface area contributed by atoms with E-state index in [4.69, 9.17) is 16.3 Å². The van der Waals surface area contributed by atoms with Crippen molar-refractivity contribution in [2.45, 2.75) is 23.6 Å². The number of sulfone groups is 1. The highest BCUT2D eigenvalue weighted by molar-refractivity contribution is 7.90. The number of aliphatic hydroxyl groups is 1. The molecule has 1 atom stereocenters. The van der Waals surface area contributed by atoms with Gasteiger partial charge in [0.25, 0.3) is 11.7 Å². The minimum absolute atomic E-state index is 0.00926. The van der Waals surface area contributed by atoms with Crippen LogP contribution in [0, 0.1) is 5.82 Å². The number of nitrogens with zero attached hydrogens (tertiary/aromatic N) is 1. The van der Waals surface area contributed by atoms with E-state index in [-0.39, 0.29) is 35.1 Å². The number of alkyl carbamates (subject to hydrolysis) is 1. The lowest BCUT2D eigenvalue weighted by Crippen LogP contribution is -2.46. The predicted octanol–water partition coefficient (Wildman–Crippen LogP) is 2.23. The summed E-state index contributed by atoms with van der Waals surface area (Å²) in [5.74, 6) is -3.90. The van der Waals surface area contributed by atoms with E-state index < -0.39 is 33.4 Å². The first-order valence-corrected chi connectivity index (χ1v) is 11.0. The molecule has 8 nitrogen and oxygen atoms in total. The second-order valence-corrected chi connectivity index (χ2v) is 9.23. The Kier molecular flexibility index (Phi) is 6.02. The molecule has 2 aromatic carbocycles. The molecule has 0 aliphatic carbocycles. The first-order valence-electron chi connectivity index (χ1n) is 8.74. The van der Waals surface area contributed by atoms with Crippen LogP contribution in [0.1, 0.15) is 12.0 Å². The summed E-state index contributed by atoms with van der Waals surface area (Å²) in [6.45, 7) is -0.129. The predicted molar refractivity (Wildman–Crippen MR) is 106 cm³/mol. The van der Waals surface area contributed by atoms with Crippen LogP contribution in [0.3, 0.4) is 0 Å². The summed E-state index contributed by atoms with van der Waals surface area (Å²) < 4.78 is 41.7. The molecule has 11 heteroatoms. The fourth-order valence-electron chi connectivity index (χ4n) is 2.98. The van der Waals surface area contributed by atoms with Gasteiger partial charge in [-0.1, -0.05) is 17.7 Å². The average Bonchev–Trinajstić information content (AvgIpc) is 2.93. The summed E-state index contributed by atoms with van der Waals surface area (Å²) in [5, 5.41) is 13.0. The topological polar surface area (TPSA) is 113 Å². The van der Waals surface area contributed by atoms with Crippen LogP contribution in [0.25, 0.3) is 0 Å². The number of hydrogen-bond acceptors (Lipinski definition) is 6. The maximum absolute atomic E-state index is 13.3. The number of rotatable bonds is 5. The fourth-order valence-corrected chi connectivity index (χ4v) is 3.89. The van der Waals surface area contributed by atoms with E-state index in [0.29, 0.717) is 5.56 Å². The van der Waals surface area contributed by atoms with Gasteiger partial charge in [0.2, 0.25) is 0 Å². The summed E-state index contributed by atoms with van der Waals surface area (Å²) in [6, 6.07) is 9.37. The van der Waals surface area contributed by atoms with Crippen LogP contribution in [0.4, 0.5) is 14.9 Å². The zero-order chi connectivity index (χ0) is 22.1. The van der Waals surface area contributed by atoms with E-state index in [0.717, 1.165) is 23.3 Å². The van der Waals surface area contributed by atoms with Gasteiger partial charge in [-0.15, -0.1) is 0 Å². The van der Waals surface area contributed by atoms with Gasteiger partial charge >= 0.3 is 6.09 Å². The number of carbonyl (C=O) groups excluding carboxylic acids is 2. The Labute approximate surface area is 177 Å². The second kappa shape index (κ2) is 8.21. The van der Waals surface area contributed by atoms with Gasteiger partial charge in [-0.05, 0) is 42.0 Å². The zero-order valence-corrected chi connectivity index (χ0v) is 17.3. The molecule has 1 heterocycles. The van der Waals surface area contributed by atoms with Gasteiger partial charge in [0, 0.05) is 36.5 Å². The average molecular weight is 457 g/mol. The Bertz CT molecular complexity index is 1090. The Morgan fingerprint density at radius 3 is 2.73 bits per heavy atom. The van der Waals surface area contributed by atoms with Crippen molar-refractivity contribution in [1.29, 1.82) is 0 Å². The number of amides is 2. The molecule has 2 N–H and O–H groups in total. The molecule has 0 saturated carbocycles.